The van der Waals surface area contributed by atoms with Crippen LogP contribution in [0.2, 0.25) is 0 Å². The maximum atomic E-state index is 12.7. The van der Waals surface area contributed by atoms with Gasteiger partial charge in [-0.1, -0.05) is 24.6 Å². The number of anilines is 2. The van der Waals surface area contributed by atoms with Gasteiger partial charge in [0, 0.05) is 5.69 Å². The Balaban J connectivity index is 1.95. The second-order valence-electron chi connectivity index (χ2n) is 6.70. The topological polar surface area (TPSA) is 101 Å². The number of carbonyl (C=O) groups excluding carboxylic acids is 1. The summed E-state index contributed by atoms with van der Waals surface area (Å²) in [6.07, 6.45) is 0. The van der Waals surface area contributed by atoms with Crippen molar-refractivity contribution in [3.05, 3.63) is 53.6 Å². The average molecular weight is 409 g/mol. The molecule has 1 N–H and O–H groups in total. The van der Waals surface area contributed by atoms with Crippen LogP contribution in [0.25, 0.3) is 0 Å². The molecule has 0 bridgehead atoms. The maximum Gasteiger partial charge on any atom is 0.262 e. The zero-order chi connectivity index (χ0) is 20.0. The van der Waals surface area contributed by atoms with Crippen molar-refractivity contribution in [2.75, 3.05) is 14.8 Å². The highest BCUT2D eigenvalue weighted by molar-refractivity contribution is 7.94. The fourth-order valence-corrected chi connectivity index (χ4v) is 6.08. The van der Waals surface area contributed by atoms with Gasteiger partial charge in [-0.2, -0.15) is 0 Å². The fourth-order valence-electron chi connectivity index (χ4n) is 2.98. The Morgan fingerprint density at radius 3 is 2.22 bits per heavy atom. The quantitative estimate of drug-likeness (QED) is 0.837. The highest BCUT2D eigenvalue weighted by atomic mass is 32.2. The lowest BCUT2D eigenvalue weighted by atomic mass is 10.2. The summed E-state index contributed by atoms with van der Waals surface area (Å²) in [7, 11) is -7.59. The molecule has 27 heavy (non-hydrogen) atoms. The van der Waals surface area contributed by atoms with E-state index in [4.69, 9.17) is 0 Å². The third kappa shape index (κ3) is 3.70. The lowest BCUT2D eigenvalue weighted by Gasteiger charge is -2.17. The Bertz CT molecular complexity index is 1110. The van der Waals surface area contributed by atoms with Gasteiger partial charge in [0.25, 0.3) is 10.0 Å². The van der Waals surface area contributed by atoms with Crippen LogP contribution >= 0.6 is 0 Å². The second kappa shape index (κ2) is 6.65. The standard InChI is InChI=1S/C18H20N2O5S2/c1-12-4-6-15(7-5-12)19-27(24,25)17-9-8-16(10-13(17)2)20-18(21)14(3)11-26(20,22)23/h4-10,14,19H,11H2,1-3H3. The monoisotopic (exact) mass is 408 g/mol. The molecule has 1 aliphatic heterocycles. The first-order valence-electron chi connectivity index (χ1n) is 8.28. The molecule has 0 saturated carbocycles. The molecule has 2 aromatic carbocycles. The van der Waals surface area contributed by atoms with Gasteiger partial charge in [0.15, 0.2) is 0 Å². The zero-order valence-electron chi connectivity index (χ0n) is 15.1. The van der Waals surface area contributed by atoms with Crippen LogP contribution in [0.3, 0.4) is 0 Å². The molecule has 1 saturated heterocycles. The van der Waals surface area contributed by atoms with Gasteiger partial charge in [0.05, 0.1) is 22.3 Å². The number of benzene rings is 2. The van der Waals surface area contributed by atoms with Gasteiger partial charge < -0.3 is 0 Å². The molecular weight excluding hydrogens is 388 g/mol. The number of sulfonamides is 2. The van der Waals surface area contributed by atoms with Gasteiger partial charge >= 0.3 is 0 Å². The van der Waals surface area contributed by atoms with E-state index in [0.717, 1.165) is 9.87 Å². The Kier molecular flexibility index (Phi) is 4.77. The van der Waals surface area contributed by atoms with Crippen molar-refractivity contribution >= 4 is 37.3 Å². The normalized spacial score (nSPS) is 19.3. The molecule has 3 rings (SSSR count). The number of nitrogens with one attached hydrogen (secondary N) is 1. The van der Waals surface area contributed by atoms with E-state index < -0.39 is 31.9 Å². The molecule has 144 valence electrons. The lowest BCUT2D eigenvalue weighted by molar-refractivity contribution is -0.119. The third-order valence-corrected chi connectivity index (χ3v) is 7.76. The Hall–Kier alpha value is -2.39. The smallest absolute Gasteiger partial charge is 0.262 e. The van der Waals surface area contributed by atoms with E-state index in [1.807, 2.05) is 6.92 Å². The number of hydrogen-bond donors (Lipinski definition) is 1. The van der Waals surface area contributed by atoms with E-state index in [0.29, 0.717) is 11.3 Å². The molecule has 2 aromatic rings. The van der Waals surface area contributed by atoms with E-state index >= 15 is 0 Å². The van der Waals surface area contributed by atoms with E-state index in [-0.39, 0.29) is 16.3 Å². The van der Waals surface area contributed by atoms with Crippen molar-refractivity contribution in [2.45, 2.75) is 25.7 Å². The summed E-state index contributed by atoms with van der Waals surface area (Å²) in [6.45, 7) is 5.01. The van der Waals surface area contributed by atoms with Crippen molar-refractivity contribution in [1.29, 1.82) is 0 Å². The molecule has 1 fully saturated rings. The van der Waals surface area contributed by atoms with E-state index in [2.05, 4.69) is 4.72 Å². The van der Waals surface area contributed by atoms with Crippen molar-refractivity contribution in [1.82, 2.24) is 0 Å². The van der Waals surface area contributed by atoms with E-state index in [1.54, 1.807) is 38.1 Å². The molecule has 1 amide bonds. The van der Waals surface area contributed by atoms with Gasteiger partial charge in [-0.25, -0.2) is 21.1 Å². The molecule has 0 aliphatic carbocycles. The SMILES string of the molecule is Cc1ccc(NS(=O)(=O)c2ccc(N3C(=O)C(C)CS3(=O)=O)cc2C)cc1. The first-order valence-corrected chi connectivity index (χ1v) is 11.4. The number of aryl methyl sites for hydroxylation is 2. The van der Waals surface area contributed by atoms with Crippen LogP contribution in [0.5, 0.6) is 0 Å². The summed E-state index contributed by atoms with van der Waals surface area (Å²) in [5, 5.41) is 0. The minimum Gasteiger partial charge on any atom is -0.280 e. The Morgan fingerprint density at radius 2 is 1.70 bits per heavy atom. The number of rotatable bonds is 4. The van der Waals surface area contributed by atoms with Crippen LogP contribution in [0.15, 0.2) is 47.4 Å². The second-order valence-corrected chi connectivity index (χ2v) is 10.2. The third-order valence-electron chi connectivity index (χ3n) is 4.35. The molecule has 1 atom stereocenters. The maximum absolute atomic E-state index is 12.7. The number of carbonyl (C=O) groups is 1. The van der Waals surface area contributed by atoms with Crippen LogP contribution in [0, 0.1) is 19.8 Å². The van der Waals surface area contributed by atoms with Gasteiger partial charge in [0.2, 0.25) is 15.9 Å². The van der Waals surface area contributed by atoms with E-state index in [9.17, 15) is 21.6 Å². The Morgan fingerprint density at radius 1 is 1.07 bits per heavy atom. The molecular formula is C18H20N2O5S2. The lowest BCUT2D eigenvalue weighted by Crippen LogP contribution is -2.30. The highest BCUT2D eigenvalue weighted by Gasteiger charge is 2.42. The predicted molar refractivity (Wildman–Crippen MR) is 104 cm³/mol. The fraction of sp³-hybridized carbons (Fsp3) is 0.278. The van der Waals surface area contributed by atoms with Gasteiger partial charge in [-0.3, -0.25) is 9.52 Å². The van der Waals surface area contributed by atoms with Gasteiger partial charge in [-0.05, 0) is 49.7 Å². The number of amides is 1. The van der Waals surface area contributed by atoms with Crippen LogP contribution < -0.4 is 9.03 Å². The summed E-state index contributed by atoms with van der Waals surface area (Å²) in [4.78, 5) is 12.2. The van der Waals surface area contributed by atoms with Crippen molar-refractivity contribution < 1.29 is 21.6 Å². The van der Waals surface area contributed by atoms with Gasteiger partial charge in [0.1, 0.15) is 0 Å². The van der Waals surface area contributed by atoms with Crippen LogP contribution in [-0.4, -0.2) is 28.5 Å². The molecule has 1 heterocycles. The largest absolute Gasteiger partial charge is 0.280 e. The summed E-state index contributed by atoms with van der Waals surface area (Å²) in [5.41, 5.74) is 1.92. The molecule has 1 aliphatic rings. The van der Waals surface area contributed by atoms with Gasteiger partial charge in [-0.15, -0.1) is 0 Å². The molecule has 9 heteroatoms. The van der Waals surface area contributed by atoms with Crippen LogP contribution in [0.4, 0.5) is 11.4 Å². The predicted octanol–water partition coefficient (Wildman–Crippen LogP) is 2.42. The minimum atomic E-state index is -3.85. The molecule has 0 aromatic heterocycles. The number of hydrogen-bond acceptors (Lipinski definition) is 5. The molecule has 0 spiro atoms. The number of nitrogens with zero attached hydrogens (tertiary/aromatic N) is 1. The van der Waals surface area contributed by atoms with Crippen LogP contribution in [0.1, 0.15) is 18.1 Å². The summed E-state index contributed by atoms with van der Waals surface area (Å²) >= 11 is 0. The van der Waals surface area contributed by atoms with Crippen LogP contribution in [-0.2, 0) is 24.8 Å². The summed E-state index contributed by atoms with van der Waals surface area (Å²) in [5.74, 6) is -1.38. The van der Waals surface area contributed by atoms with Crippen molar-refractivity contribution in [3.63, 3.8) is 0 Å². The highest BCUT2D eigenvalue weighted by Crippen LogP contribution is 2.31. The molecule has 0 radical (unpaired) electrons. The Labute approximate surface area is 159 Å². The van der Waals surface area contributed by atoms with E-state index in [1.165, 1.54) is 18.2 Å². The summed E-state index contributed by atoms with van der Waals surface area (Å²) < 4.78 is 53.0. The minimum absolute atomic E-state index is 0.0175. The molecule has 7 nitrogen and oxygen atoms in total. The van der Waals surface area contributed by atoms with Crippen molar-refractivity contribution in [2.24, 2.45) is 5.92 Å². The average Bonchev–Trinajstić information content (AvgIpc) is 2.76. The molecule has 1 unspecified atom stereocenters. The first-order chi connectivity index (χ1) is 12.5. The first kappa shape index (κ1) is 19.4. The summed E-state index contributed by atoms with van der Waals surface area (Å²) in [6, 6.07) is 11.0. The zero-order valence-corrected chi connectivity index (χ0v) is 16.8. The van der Waals surface area contributed by atoms with Crippen molar-refractivity contribution in [3.8, 4) is 0 Å².